The van der Waals surface area contributed by atoms with Crippen LogP contribution >= 0.6 is 0 Å². The van der Waals surface area contributed by atoms with Gasteiger partial charge in [-0.15, -0.1) is 0 Å². The molecule has 3 unspecified atom stereocenters. The van der Waals surface area contributed by atoms with E-state index < -0.39 is 0 Å². The summed E-state index contributed by atoms with van der Waals surface area (Å²) >= 11 is 0. The number of benzene rings is 1. The van der Waals surface area contributed by atoms with Gasteiger partial charge in [0.25, 0.3) is 0 Å². The predicted octanol–water partition coefficient (Wildman–Crippen LogP) is 4.05. The lowest BCUT2D eigenvalue weighted by Crippen LogP contribution is -2.25. The first-order chi connectivity index (χ1) is 8.70. The van der Waals surface area contributed by atoms with E-state index in [2.05, 4.69) is 13.0 Å². The van der Waals surface area contributed by atoms with Crippen LogP contribution in [0.5, 0.6) is 5.75 Å². The Hall–Kier alpha value is -1.02. The Morgan fingerprint density at radius 1 is 1.33 bits per heavy atom. The van der Waals surface area contributed by atoms with E-state index in [1.165, 1.54) is 32.1 Å². The molecular formula is C16H25NO. The molecule has 100 valence electrons. The summed E-state index contributed by atoms with van der Waals surface area (Å²) in [5.41, 5.74) is 7.11. The van der Waals surface area contributed by atoms with Gasteiger partial charge in [0.1, 0.15) is 5.75 Å². The Bertz CT molecular complexity index is 375. The largest absolute Gasteiger partial charge is 0.490 e. The molecule has 0 heterocycles. The fraction of sp³-hybridized carbons (Fsp3) is 0.625. The average Bonchev–Trinajstić information content (AvgIpc) is 2.39. The SMILES string of the molecule is CCC1CCCC(Oc2ccccc2C(C)N)C1. The summed E-state index contributed by atoms with van der Waals surface area (Å²) in [6.45, 7) is 4.29. The van der Waals surface area contributed by atoms with Crippen molar-refractivity contribution in [2.75, 3.05) is 0 Å². The fourth-order valence-corrected chi connectivity index (χ4v) is 2.86. The van der Waals surface area contributed by atoms with Crippen LogP contribution in [0.3, 0.4) is 0 Å². The summed E-state index contributed by atoms with van der Waals surface area (Å²) in [7, 11) is 0. The quantitative estimate of drug-likeness (QED) is 0.871. The van der Waals surface area contributed by atoms with Gasteiger partial charge in [0, 0.05) is 11.6 Å². The predicted molar refractivity (Wildman–Crippen MR) is 75.7 cm³/mol. The van der Waals surface area contributed by atoms with Gasteiger partial charge in [-0.3, -0.25) is 0 Å². The maximum atomic E-state index is 6.20. The second-order valence-electron chi connectivity index (χ2n) is 5.51. The molecule has 1 aliphatic rings. The minimum atomic E-state index is 0.0340. The monoisotopic (exact) mass is 247 g/mol. The highest BCUT2D eigenvalue weighted by Crippen LogP contribution is 2.31. The topological polar surface area (TPSA) is 35.2 Å². The van der Waals surface area contributed by atoms with Crippen LogP contribution in [0.1, 0.15) is 57.6 Å². The zero-order chi connectivity index (χ0) is 13.0. The van der Waals surface area contributed by atoms with Gasteiger partial charge in [0.15, 0.2) is 0 Å². The molecule has 1 fully saturated rings. The van der Waals surface area contributed by atoms with Crippen LogP contribution in [0.4, 0.5) is 0 Å². The van der Waals surface area contributed by atoms with Gasteiger partial charge < -0.3 is 10.5 Å². The van der Waals surface area contributed by atoms with Crippen LogP contribution in [-0.2, 0) is 0 Å². The lowest BCUT2D eigenvalue weighted by Gasteiger charge is -2.30. The van der Waals surface area contributed by atoms with Crippen molar-refractivity contribution in [1.29, 1.82) is 0 Å². The van der Waals surface area contributed by atoms with Gasteiger partial charge in [-0.25, -0.2) is 0 Å². The van der Waals surface area contributed by atoms with Crippen molar-refractivity contribution in [3.8, 4) is 5.75 Å². The second kappa shape index (κ2) is 6.24. The molecule has 2 nitrogen and oxygen atoms in total. The van der Waals surface area contributed by atoms with E-state index in [1.54, 1.807) is 0 Å². The summed E-state index contributed by atoms with van der Waals surface area (Å²) < 4.78 is 6.20. The van der Waals surface area contributed by atoms with Crippen molar-refractivity contribution >= 4 is 0 Å². The molecule has 2 rings (SSSR count). The minimum absolute atomic E-state index is 0.0340. The van der Waals surface area contributed by atoms with Crippen molar-refractivity contribution in [1.82, 2.24) is 0 Å². The van der Waals surface area contributed by atoms with Crippen molar-refractivity contribution in [2.24, 2.45) is 11.7 Å². The Kier molecular flexibility index (Phi) is 4.65. The molecule has 0 radical (unpaired) electrons. The smallest absolute Gasteiger partial charge is 0.124 e. The third kappa shape index (κ3) is 3.26. The number of rotatable bonds is 4. The van der Waals surface area contributed by atoms with E-state index in [4.69, 9.17) is 10.5 Å². The number of hydrogen-bond donors (Lipinski definition) is 1. The lowest BCUT2D eigenvalue weighted by atomic mass is 9.85. The molecule has 18 heavy (non-hydrogen) atoms. The number of hydrogen-bond acceptors (Lipinski definition) is 2. The van der Waals surface area contributed by atoms with Gasteiger partial charge >= 0.3 is 0 Å². The van der Waals surface area contributed by atoms with Crippen LogP contribution in [0.25, 0.3) is 0 Å². The van der Waals surface area contributed by atoms with Crippen molar-refractivity contribution in [2.45, 2.75) is 58.1 Å². The highest BCUT2D eigenvalue weighted by Gasteiger charge is 2.23. The second-order valence-corrected chi connectivity index (χ2v) is 5.51. The van der Waals surface area contributed by atoms with Crippen LogP contribution in [-0.4, -0.2) is 6.10 Å². The van der Waals surface area contributed by atoms with Crippen molar-refractivity contribution < 1.29 is 4.74 Å². The molecule has 1 saturated carbocycles. The van der Waals surface area contributed by atoms with Crippen LogP contribution in [0.15, 0.2) is 24.3 Å². The molecule has 2 N–H and O–H groups in total. The summed E-state index contributed by atoms with van der Waals surface area (Å²) in [5, 5.41) is 0. The number of para-hydroxylation sites is 1. The fourth-order valence-electron chi connectivity index (χ4n) is 2.86. The van der Waals surface area contributed by atoms with E-state index in [1.807, 2.05) is 25.1 Å². The molecule has 3 atom stereocenters. The van der Waals surface area contributed by atoms with Crippen molar-refractivity contribution in [3.63, 3.8) is 0 Å². The third-order valence-corrected chi connectivity index (χ3v) is 4.02. The number of nitrogens with two attached hydrogens (primary N) is 1. The molecular weight excluding hydrogens is 222 g/mol. The molecule has 0 saturated heterocycles. The first kappa shape index (κ1) is 13.4. The third-order valence-electron chi connectivity index (χ3n) is 4.02. The van der Waals surface area contributed by atoms with Gasteiger partial charge in [-0.2, -0.15) is 0 Å². The molecule has 0 amide bonds. The summed E-state index contributed by atoms with van der Waals surface area (Å²) in [4.78, 5) is 0. The van der Waals surface area contributed by atoms with Crippen LogP contribution in [0.2, 0.25) is 0 Å². The standard InChI is InChI=1S/C16H25NO/c1-3-13-7-6-8-14(11-13)18-16-10-5-4-9-15(16)12(2)17/h4-5,9-10,12-14H,3,6-8,11,17H2,1-2H3. The van der Waals surface area contributed by atoms with Gasteiger partial charge in [-0.1, -0.05) is 38.0 Å². The molecule has 0 spiro atoms. The molecule has 0 bridgehead atoms. The van der Waals surface area contributed by atoms with Crippen LogP contribution in [0, 0.1) is 5.92 Å². The Balaban J connectivity index is 2.04. The molecule has 0 aliphatic heterocycles. The molecule has 2 heteroatoms. The molecule has 1 aromatic carbocycles. The normalized spacial score (nSPS) is 25.7. The average molecular weight is 247 g/mol. The highest BCUT2D eigenvalue weighted by molar-refractivity contribution is 5.35. The summed E-state index contributed by atoms with van der Waals surface area (Å²) in [5.74, 6) is 1.82. The summed E-state index contributed by atoms with van der Waals surface area (Å²) in [6, 6.07) is 8.21. The maximum Gasteiger partial charge on any atom is 0.124 e. The molecule has 0 aromatic heterocycles. The zero-order valence-electron chi connectivity index (χ0n) is 11.6. The lowest BCUT2D eigenvalue weighted by molar-refractivity contribution is 0.120. The highest BCUT2D eigenvalue weighted by atomic mass is 16.5. The van der Waals surface area contributed by atoms with Crippen LogP contribution < -0.4 is 10.5 Å². The maximum absolute atomic E-state index is 6.20. The van der Waals surface area contributed by atoms with Gasteiger partial charge in [-0.05, 0) is 38.2 Å². The first-order valence-corrected chi connectivity index (χ1v) is 7.21. The van der Waals surface area contributed by atoms with E-state index in [0.717, 1.165) is 17.2 Å². The van der Waals surface area contributed by atoms with E-state index in [9.17, 15) is 0 Å². The zero-order valence-corrected chi connectivity index (χ0v) is 11.6. The Morgan fingerprint density at radius 3 is 2.83 bits per heavy atom. The minimum Gasteiger partial charge on any atom is -0.490 e. The molecule has 1 aliphatic carbocycles. The number of ether oxygens (including phenoxy) is 1. The van der Waals surface area contributed by atoms with E-state index in [0.29, 0.717) is 6.10 Å². The Morgan fingerprint density at radius 2 is 2.11 bits per heavy atom. The van der Waals surface area contributed by atoms with Gasteiger partial charge in [0.2, 0.25) is 0 Å². The molecule has 1 aromatic rings. The van der Waals surface area contributed by atoms with E-state index >= 15 is 0 Å². The van der Waals surface area contributed by atoms with E-state index in [-0.39, 0.29) is 6.04 Å². The Labute approximate surface area is 111 Å². The van der Waals surface area contributed by atoms with Crippen molar-refractivity contribution in [3.05, 3.63) is 29.8 Å². The van der Waals surface area contributed by atoms with Gasteiger partial charge in [0.05, 0.1) is 6.10 Å². The summed E-state index contributed by atoms with van der Waals surface area (Å²) in [6.07, 6.45) is 6.69. The first-order valence-electron chi connectivity index (χ1n) is 7.21.